The first-order valence-corrected chi connectivity index (χ1v) is 6.20. The quantitative estimate of drug-likeness (QED) is 0.612. The Labute approximate surface area is 99.7 Å². The summed E-state index contributed by atoms with van der Waals surface area (Å²) in [7, 11) is 1.82. The molecule has 0 heterocycles. The fourth-order valence-electron chi connectivity index (χ4n) is 1.89. The summed E-state index contributed by atoms with van der Waals surface area (Å²) in [4.78, 5) is 13.4. The average molecular weight is 226 g/mol. The van der Waals surface area contributed by atoms with Crippen LogP contribution in [0.5, 0.6) is 0 Å². The third kappa shape index (κ3) is 6.62. The third-order valence-electron chi connectivity index (χ3n) is 2.87. The molecule has 0 rings (SSSR count). The number of nitrogens with two attached hydrogens (primary N) is 1. The van der Waals surface area contributed by atoms with Crippen molar-refractivity contribution < 1.29 is 4.79 Å². The van der Waals surface area contributed by atoms with Gasteiger partial charge in [0.1, 0.15) is 0 Å². The van der Waals surface area contributed by atoms with Crippen molar-refractivity contribution in [3.8, 4) is 0 Å². The van der Waals surface area contributed by atoms with Crippen LogP contribution in [-0.4, -0.2) is 30.9 Å². The smallest absolute Gasteiger partial charge is 0.222 e. The highest BCUT2D eigenvalue weighted by atomic mass is 16.2. The van der Waals surface area contributed by atoms with E-state index in [1.807, 2.05) is 7.05 Å². The summed E-state index contributed by atoms with van der Waals surface area (Å²) < 4.78 is 0. The molecule has 94 valence electrons. The van der Waals surface area contributed by atoms with Crippen LogP contribution in [-0.2, 0) is 4.79 Å². The molecule has 0 radical (unpaired) electrons. The molecule has 0 saturated carbocycles. The fraction of sp³-hybridized carbons (Fsp3) is 0.769. The average Bonchev–Trinajstić information content (AvgIpc) is 2.26. The largest absolute Gasteiger partial charge is 0.342 e. The second-order valence-corrected chi connectivity index (χ2v) is 4.33. The molecular weight excluding hydrogens is 200 g/mol. The molecule has 1 atom stereocenters. The molecule has 1 unspecified atom stereocenters. The summed E-state index contributed by atoms with van der Waals surface area (Å²) in [6.45, 7) is 7.16. The molecule has 3 heteroatoms. The Morgan fingerprint density at radius 2 is 2.12 bits per heavy atom. The summed E-state index contributed by atoms with van der Waals surface area (Å²) in [5.41, 5.74) is 5.56. The lowest BCUT2D eigenvalue weighted by Crippen LogP contribution is -2.27. The number of amides is 1. The van der Waals surface area contributed by atoms with Gasteiger partial charge in [-0.05, 0) is 25.3 Å². The van der Waals surface area contributed by atoms with Gasteiger partial charge in [-0.15, -0.1) is 6.58 Å². The maximum absolute atomic E-state index is 11.7. The lowest BCUT2D eigenvalue weighted by Gasteiger charge is -2.18. The molecule has 1 amide bonds. The Bertz CT molecular complexity index is 198. The van der Waals surface area contributed by atoms with E-state index in [-0.39, 0.29) is 5.91 Å². The molecule has 16 heavy (non-hydrogen) atoms. The van der Waals surface area contributed by atoms with Gasteiger partial charge in [-0.3, -0.25) is 4.79 Å². The van der Waals surface area contributed by atoms with Gasteiger partial charge in [0.05, 0.1) is 0 Å². The second kappa shape index (κ2) is 9.40. The highest BCUT2D eigenvalue weighted by molar-refractivity contribution is 5.75. The topological polar surface area (TPSA) is 46.3 Å². The Kier molecular flexibility index (Phi) is 8.91. The molecule has 0 aromatic heterocycles. The van der Waals surface area contributed by atoms with E-state index in [4.69, 9.17) is 5.73 Å². The normalized spacial score (nSPS) is 12.2. The minimum Gasteiger partial charge on any atom is -0.342 e. The maximum atomic E-state index is 11.7. The standard InChI is InChI=1S/C13H26N2O/c1-4-6-12(9-10-14)7-8-13(16)15(3)11-5-2/h5,12H,2,4,6-11,14H2,1,3H3. The molecule has 0 aliphatic carbocycles. The lowest BCUT2D eigenvalue weighted by atomic mass is 9.94. The number of hydrogen-bond acceptors (Lipinski definition) is 2. The van der Waals surface area contributed by atoms with Crippen LogP contribution in [0.4, 0.5) is 0 Å². The summed E-state index contributed by atoms with van der Waals surface area (Å²) in [5, 5.41) is 0. The van der Waals surface area contributed by atoms with E-state index in [1.165, 1.54) is 12.8 Å². The van der Waals surface area contributed by atoms with Gasteiger partial charge in [-0.1, -0.05) is 25.8 Å². The number of carbonyl (C=O) groups is 1. The van der Waals surface area contributed by atoms with Gasteiger partial charge in [0.2, 0.25) is 5.91 Å². The van der Waals surface area contributed by atoms with E-state index < -0.39 is 0 Å². The van der Waals surface area contributed by atoms with Crippen molar-refractivity contribution in [1.82, 2.24) is 4.90 Å². The van der Waals surface area contributed by atoms with E-state index in [2.05, 4.69) is 13.5 Å². The van der Waals surface area contributed by atoms with Crippen LogP contribution < -0.4 is 5.73 Å². The van der Waals surface area contributed by atoms with Crippen LogP contribution in [0.15, 0.2) is 12.7 Å². The molecule has 0 aromatic rings. The molecule has 2 N–H and O–H groups in total. The van der Waals surface area contributed by atoms with Crippen molar-refractivity contribution in [2.24, 2.45) is 11.7 Å². The molecule has 0 aliphatic rings. The number of carbonyl (C=O) groups excluding carboxylic acids is 1. The fourth-order valence-corrected chi connectivity index (χ4v) is 1.89. The second-order valence-electron chi connectivity index (χ2n) is 4.33. The first-order chi connectivity index (χ1) is 7.65. The summed E-state index contributed by atoms with van der Waals surface area (Å²) in [5.74, 6) is 0.814. The predicted molar refractivity (Wildman–Crippen MR) is 69.1 cm³/mol. The van der Waals surface area contributed by atoms with Crippen LogP contribution in [0.1, 0.15) is 39.0 Å². The minimum absolute atomic E-state index is 0.207. The zero-order chi connectivity index (χ0) is 12.4. The van der Waals surface area contributed by atoms with Crippen molar-refractivity contribution in [1.29, 1.82) is 0 Å². The van der Waals surface area contributed by atoms with E-state index in [0.717, 1.165) is 19.4 Å². The Morgan fingerprint density at radius 1 is 1.44 bits per heavy atom. The molecule has 0 aliphatic heterocycles. The van der Waals surface area contributed by atoms with E-state index in [1.54, 1.807) is 11.0 Å². The molecule has 0 saturated heterocycles. The van der Waals surface area contributed by atoms with Gasteiger partial charge in [0, 0.05) is 20.0 Å². The van der Waals surface area contributed by atoms with E-state index >= 15 is 0 Å². The van der Waals surface area contributed by atoms with E-state index in [0.29, 0.717) is 18.9 Å². The monoisotopic (exact) mass is 226 g/mol. The first kappa shape index (κ1) is 15.2. The molecule has 0 fully saturated rings. The van der Waals surface area contributed by atoms with Gasteiger partial charge in [0.25, 0.3) is 0 Å². The van der Waals surface area contributed by atoms with Gasteiger partial charge < -0.3 is 10.6 Å². The Morgan fingerprint density at radius 3 is 2.62 bits per heavy atom. The Hall–Kier alpha value is -0.830. The van der Waals surface area contributed by atoms with Crippen molar-refractivity contribution in [3.05, 3.63) is 12.7 Å². The van der Waals surface area contributed by atoms with Crippen LogP contribution >= 0.6 is 0 Å². The lowest BCUT2D eigenvalue weighted by molar-refractivity contribution is -0.129. The van der Waals surface area contributed by atoms with Crippen LogP contribution in [0.3, 0.4) is 0 Å². The van der Waals surface area contributed by atoms with Gasteiger partial charge >= 0.3 is 0 Å². The van der Waals surface area contributed by atoms with Gasteiger partial charge in [0.15, 0.2) is 0 Å². The summed E-state index contributed by atoms with van der Waals surface area (Å²) in [6.07, 6.45) is 6.73. The van der Waals surface area contributed by atoms with Gasteiger partial charge in [-0.25, -0.2) is 0 Å². The summed E-state index contributed by atoms with van der Waals surface area (Å²) >= 11 is 0. The zero-order valence-electron chi connectivity index (χ0n) is 10.7. The highest BCUT2D eigenvalue weighted by Crippen LogP contribution is 2.17. The van der Waals surface area contributed by atoms with Crippen LogP contribution in [0.25, 0.3) is 0 Å². The minimum atomic E-state index is 0.207. The number of nitrogens with zero attached hydrogens (tertiary/aromatic N) is 1. The number of rotatable bonds is 9. The predicted octanol–water partition coefficient (Wildman–Crippen LogP) is 2.18. The van der Waals surface area contributed by atoms with Crippen LogP contribution in [0, 0.1) is 5.92 Å². The maximum Gasteiger partial charge on any atom is 0.222 e. The van der Waals surface area contributed by atoms with E-state index in [9.17, 15) is 4.79 Å². The molecule has 0 aromatic carbocycles. The summed E-state index contributed by atoms with van der Waals surface area (Å²) in [6, 6.07) is 0. The molecular formula is C13H26N2O. The van der Waals surface area contributed by atoms with Crippen molar-refractivity contribution >= 4 is 5.91 Å². The number of hydrogen-bond donors (Lipinski definition) is 1. The SMILES string of the molecule is C=CCN(C)C(=O)CCC(CCC)CCN. The third-order valence-corrected chi connectivity index (χ3v) is 2.87. The number of likely N-dealkylation sites (N-methyl/N-ethyl adjacent to an activating group) is 1. The van der Waals surface area contributed by atoms with Gasteiger partial charge in [-0.2, -0.15) is 0 Å². The van der Waals surface area contributed by atoms with Crippen molar-refractivity contribution in [2.75, 3.05) is 20.1 Å². The first-order valence-electron chi connectivity index (χ1n) is 6.20. The van der Waals surface area contributed by atoms with Crippen molar-refractivity contribution in [3.63, 3.8) is 0 Å². The molecule has 0 bridgehead atoms. The van der Waals surface area contributed by atoms with Crippen molar-refractivity contribution in [2.45, 2.75) is 39.0 Å². The highest BCUT2D eigenvalue weighted by Gasteiger charge is 2.12. The molecule has 0 spiro atoms. The molecule has 3 nitrogen and oxygen atoms in total. The van der Waals surface area contributed by atoms with Crippen LogP contribution in [0.2, 0.25) is 0 Å². The Balaban J connectivity index is 3.89. The zero-order valence-corrected chi connectivity index (χ0v) is 10.7.